The predicted octanol–water partition coefficient (Wildman–Crippen LogP) is 3.78. The highest BCUT2D eigenvalue weighted by atomic mass is 79.9. The van der Waals surface area contributed by atoms with E-state index in [1.807, 2.05) is 6.07 Å². The summed E-state index contributed by atoms with van der Waals surface area (Å²) in [7, 11) is 1.70. The van der Waals surface area contributed by atoms with Gasteiger partial charge < -0.3 is 10.1 Å². The molecule has 0 amide bonds. The van der Waals surface area contributed by atoms with Gasteiger partial charge in [-0.15, -0.1) is 0 Å². The lowest BCUT2D eigenvalue weighted by Gasteiger charge is -2.12. The van der Waals surface area contributed by atoms with Crippen LogP contribution < -0.4 is 10.1 Å². The minimum absolute atomic E-state index is 0.742. The van der Waals surface area contributed by atoms with Crippen LogP contribution in [0.2, 0.25) is 0 Å². The molecule has 3 heteroatoms. The summed E-state index contributed by atoms with van der Waals surface area (Å²) in [4.78, 5) is 0. The summed E-state index contributed by atoms with van der Waals surface area (Å²) in [6.07, 6.45) is 5.12. The van der Waals surface area contributed by atoms with Crippen molar-refractivity contribution < 1.29 is 4.74 Å². The van der Waals surface area contributed by atoms with Crippen LogP contribution in [0.5, 0.6) is 5.75 Å². The molecule has 1 saturated carbocycles. The molecule has 0 bridgehead atoms. The topological polar surface area (TPSA) is 21.3 Å². The van der Waals surface area contributed by atoms with E-state index in [4.69, 9.17) is 4.74 Å². The molecule has 1 unspecified atom stereocenters. The molecule has 0 heterocycles. The Morgan fingerprint density at radius 3 is 2.83 bits per heavy atom. The minimum Gasteiger partial charge on any atom is -0.496 e. The van der Waals surface area contributed by atoms with Crippen LogP contribution in [0.4, 0.5) is 0 Å². The average molecular weight is 312 g/mol. The van der Waals surface area contributed by atoms with Crippen molar-refractivity contribution in [2.45, 2.75) is 38.6 Å². The van der Waals surface area contributed by atoms with Crippen molar-refractivity contribution in [1.82, 2.24) is 5.32 Å². The quantitative estimate of drug-likeness (QED) is 0.827. The maximum atomic E-state index is 5.24. The summed E-state index contributed by atoms with van der Waals surface area (Å²) < 4.78 is 6.29. The number of rotatable bonds is 7. The molecule has 1 aromatic rings. The van der Waals surface area contributed by atoms with Crippen molar-refractivity contribution in [2.75, 3.05) is 13.7 Å². The molecule has 2 rings (SSSR count). The van der Waals surface area contributed by atoms with Gasteiger partial charge in [0.1, 0.15) is 5.75 Å². The Balaban J connectivity index is 1.76. The molecular weight excluding hydrogens is 290 g/mol. The van der Waals surface area contributed by atoms with Crippen molar-refractivity contribution in [1.29, 1.82) is 0 Å². The third-order valence-corrected chi connectivity index (χ3v) is 4.09. The Morgan fingerprint density at radius 2 is 2.22 bits per heavy atom. The fourth-order valence-electron chi connectivity index (χ4n) is 2.04. The zero-order chi connectivity index (χ0) is 13.0. The lowest BCUT2D eigenvalue weighted by atomic mass is 10.0. The van der Waals surface area contributed by atoms with E-state index in [0.29, 0.717) is 0 Å². The lowest BCUT2D eigenvalue weighted by molar-refractivity contribution is 0.412. The molecule has 1 N–H and O–H groups in total. The van der Waals surface area contributed by atoms with Crippen molar-refractivity contribution in [3.63, 3.8) is 0 Å². The van der Waals surface area contributed by atoms with E-state index in [0.717, 1.165) is 35.1 Å². The maximum Gasteiger partial charge on any atom is 0.133 e. The van der Waals surface area contributed by atoms with E-state index in [2.05, 4.69) is 40.3 Å². The van der Waals surface area contributed by atoms with Crippen LogP contribution in [0.1, 0.15) is 31.7 Å². The highest BCUT2D eigenvalue weighted by molar-refractivity contribution is 9.10. The number of hydrogen-bond acceptors (Lipinski definition) is 2. The van der Waals surface area contributed by atoms with Crippen molar-refractivity contribution in [2.24, 2.45) is 5.92 Å². The molecule has 0 aliphatic heterocycles. The smallest absolute Gasteiger partial charge is 0.133 e. The minimum atomic E-state index is 0.742. The summed E-state index contributed by atoms with van der Waals surface area (Å²) in [5.74, 6) is 1.65. The molecule has 0 aromatic heterocycles. The number of hydrogen-bond donors (Lipinski definition) is 1. The van der Waals surface area contributed by atoms with Gasteiger partial charge in [0.05, 0.1) is 11.6 Å². The van der Waals surface area contributed by atoms with Gasteiger partial charge in [0.15, 0.2) is 0 Å². The summed E-state index contributed by atoms with van der Waals surface area (Å²) in [6, 6.07) is 7.18. The third-order valence-electron chi connectivity index (χ3n) is 3.47. The molecule has 0 spiro atoms. The summed E-state index contributed by atoms with van der Waals surface area (Å²) in [5, 5.41) is 3.59. The summed E-state index contributed by atoms with van der Waals surface area (Å²) in [5.41, 5.74) is 1.38. The Hall–Kier alpha value is -0.540. The Kier molecular flexibility index (Phi) is 5.07. The van der Waals surface area contributed by atoms with Crippen LogP contribution >= 0.6 is 15.9 Å². The molecule has 2 nitrogen and oxygen atoms in total. The van der Waals surface area contributed by atoms with Gasteiger partial charge in [-0.3, -0.25) is 0 Å². The van der Waals surface area contributed by atoms with Gasteiger partial charge in [-0.1, -0.05) is 13.0 Å². The van der Waals surface area contributed by atoms with Crippen LogP contribution in [0.3, 0.4) is 0 Å². The Labute approximate surface area is 118 Å². The fourth-order valence-corrected chi connectivity index (χ4v) is 2.62. The molecule has 1 aliphatic rings. The highest BCUT2D eigenvalue weighted by Gasteiger charge is 2.20. The molecule has 1 aliphatic carbocycles. The van der Waals surface area contributed by atoms with Gasteiger partial charge in [0.25, 0.3) is 0 Å². The Morgan fingerprint density at radius 1 is 1.44 bits per heavy atom. The van der Waals surface area contributed by atoms with Crippen LogP contribution in [-0.2, 0) is 6.42 Å². The molecule has 18 heavy (non-hydrogen) atoms. The summed E-state index contributed by atoms with van der Waals surface area (Å²) in [6.45, 7) is 3.48. The van der Waals surface area contributed by atoms with Gasteiger partial charge in [0, 0.05) is 6.04 Å². The fraction of sp³-hybridized carbons (Fsp3) is 0.600. The standard InChI is InChI=1S/C15H22BrNO/c1-11(10-17-13-6-7-13)3-4-12-5-8-15(18-2)14(16)9-12/h5,8-9,11,13,17H,3-4,6-7,10H2,1-2H3. The highest BCUT2D eigenvalue weighted by Crippen LogP contribution is 2.26. The van der Waals surface area contributed by atoms with E-state index >= 15 is 0 Å². The van der Waals surface area contributed by atoms with E-state index in [1.165, 1.54) is 24.8 Å². The SMILES string of the molecule is COc1ccc(CCC(C)CNC2CC2)cc1Br. The third kappa shape index (κ3) is 4.29. The normalized spacial score (nSPS) is 16.6. The number of methoxy groups -OCH3 is 1. The van der Waals surface area contributed by atoms with Gasteiger partial charge in [-0.25, -0.2) is 0 Å². The predicted molar refractivity (Wildman–Crippen MR) is 79.2 cm³/mol. The molecule has 1 aromatic carbocycles. The number of nitrogens with one attached hydrogen (secondary N) is 1. The zero-order valence-corrected chi connectivity index (χ0v) is 12.8. The second kappa shape index (κ2) is 6.58. The first-order chi connectivity index (χ1) is 8.69. The molecule has 0 radical (unpaired) electrons. The number of benzene rings is 1. The monoisotopic (exact) mass is 311 g/mol. The van der Waals surface area contributed by atoms with Crippen LogP contribution in [0, 0.1) is 5.92 Å². The van der Waals surface area contributed by atoms with Gasteiger partial charge in [0.2, 0.25) is 0 Å². The van der Waals surface area contributed by atoms with Gasteiger partial charge in [-0.05, 0) is 71.8 Å². The zero-order valence-electron chi connectivity index (χ0n) is 11.2. The molecule has 0 saturated heterocycles. The first-order valence-electron chi connectivity index (χ1n) is 6.75. The van der Waals surface area contributed by atoms with Gasteiger partial charge in [-0.2, -0.15) is 0 Å². The first-order valence-corrected chi connectivity index (χ1v) is 7.54. The largest absolute Gasteiger partial charge is 0.496 e. The van der Waals surface area contributed by atoms with E-state index < -0.39 is 0 Å². The van der Waals surface area contributed by atoms with Crippen molar-refractivity contribution >= 4 is 15.9 Å². The van der Waals surface area contributed by atoms with Crippen LogP contribution in [0.25, 0.3) is 0 Å². The average Bonchev–Trinajstić information content (AvgIpc) is 3.18. The molecule has 100 valence electrons. The number of ether oxygens (including phenoxy) is 1. The Bertz CT molecular complexity index is 390. The van der Waals surface area contributed by atoms with E-state index in [-0.39, 0.29) is 0 Å². The molecule has 1 fully saturated rings. The van der Waals surface area contributed by atoms with Crippen molar-refractivity contribution in [3.05, 3.63) is 28.2 Å². The molecule has 1 atom stereocenters. The van der Waals surface area contributed by atoms with Crippen LogP contribution in [-0.4, -0.2) is 19.7 Å². The van der Waals surface area contributed by atoms with Crippen LogP contribution in [0.15, 0.2) is 22.7 Å². The number of halogens is 1. The summed E-state index contributed by atoms with van der Waals surface area (Å²) >= 11 is 3.54. The maximum absolute atomic E-state index is 5.24. The van der Waals surface area contributed by atoms with E-state index in [9.17, 15) is 0 Å². The van der Waals surface area contributed by atoms with Crippen molar-refractivity contribution in [3.8, 4) is 5.75 Å². The first kappa shape index (κ1) is 13.9. The lowest BCUT2D eigenvalue weighted by Crippen LogP contribution is -2.23. The second-order valence-corrected chi connectivity index (χ2v) is 6.15. The van der Waals surface area contributed by atoms with E-state index in [1.54, 1.807) is 7.11 Å². The molecular formula is C15H22BrNO. The van der Waals surface area contributed by atoms with Gasteiger partial charge >= 0.3 is 0 Å². The second-order valence-electron chi connectivity index (χ2n) is 5.30. The number of aryl methyl sites for hydroxylation is 1.